The summed E-state index contributed by atoms with van der Waals surface area (Å²) in [6, 6.07) is 5.35. The van der Waals surface area contributed by atoms with Crippen LogP contribution in [0.5, 0.6) is 17.5 Å². The molecule has 0 spiro atoms. The van der Waals surface area contributed by atoms with E-state index in [0.717, 1.165) is 32.6 Å². The zero-order valence-corrected chi connectivity index (χ0v) is 21.5. The van der Waals surface area contributed by atoms with Gasteiger partial charge in [0.25, 0.3) is 17.7 Å². The third-order valence-corrected chi connectivity index (χ3v) is 6.92. The number of sulfone groups is 2. The molecule has 2 aromatic heterocycles. The molecule has 0 aliphatic heterocycles. The molecule has 17 heteroatoms. The molecule has 3 rings (SSSR count). The Morgan fingerprint density at radius 1 is 1.00 bits per heavy atom. The average molecular weight is 579 g/mol. The van der Waals surface area contributed by atoms with Crippen molar-refractivity contribution in [3.05, 3.63) is 53.0 Å². The van der Waals surface area contributed by atoms with E-state index >= 15 is 0 Å². The number of ether oxygens (including phenoxy) is 2. The first-order chi connectivity index (χ1) is 17.4. The molecule has 0 bridgehead atoms. The van der Waals surface area contributed by atoms with Gasteiger partial charge in [0.05, 0.1) is 12.0 Å². The SMILES string of the molecule is COc1nc(S(C)(=O)=O)cc(F)c1Oc1nnc(C(F)(F)F)c(C)c1C(=O)Nc1cccc(S(C)(=O)=O)c1. The van der Waals surface area contributed by atoms with Gasteiger partial charge in [-0.05, 0) is 30.7 Å². The van der Waals surface area contributed by atoms with Gasteiger partial charge < -0.3 is 14.8 Å². The molecule has 0 saturated heterocycles. The van der Waals surface area contributed by atoms with Crippen LogP contribution in [-0.4, -0.2) is 57.5 Å². The minimum Gasteiger partial charge on any atom is -0.478 e. The van der Waals surface area contributed by atoms with Gasteiger partial charge in [-0.15, -0.1) is 10.2 Å². The summed E-state index contributed by atoms with van der Waals surface area (Å²) in [5.41, 5.74) is -3.22. The molecule has 0 aliphatic carbocycles. The molecular formula is C21H18F4N4O7S2. The van der Waals surface area contributed by atoms with Crippen LogP contribution in [0.3, 0.4) is 0 Å². The van der Waals surface area contributed by atoms with Gasteiger partial charge in [-0.3, -0.25) is 4.79 Å². The second kappa shape index (κ2) is 10.1. The highest BCUT2D eigenvalue weighted by Crippen LogP contribution is 2.38. The van der Waals surface area contributed by atoms with Gasteiger partial charge in [0.15, 0.2) is 36.2 Å². The number of halogens is 4. The first-order valence-electron chi connectivity index (χ1n) is 10.1. The Balaban J connectivity index is 2.16. The van der Waals surface area contributed by atoms with Crippen molar-refractivity contribution in [2.24, 2.45) is 0 Å². The second-order valence-corrected chi connectivity index (χ2v) is 11.7. The number of alkyl halides is 3. The van der Waals surface area contributed by atoms with Crippen LogP contribution in [0.25, 0.3) is 0 Å². The van der Waals surface area contributed by atoms with Crippen molar-refractivity contribution in [3.8, 4) is 17.5 Å². The van der Waals surface area contributed by atoms with E-state index in [0.29, 0.717) is 6.07 Å². The molecule has 0 fully saturated rings. The fourth-order valence-electron chi connectivity index (χ4n) is 3.08. The number of methoxy groups -OCH3 is 1. The first kappa shape index (κ1) is 28.7. The molecule has 3 aromatic rings. The quantitative estimate of drug-likeness (QED) is 0.413. The molecule has 11 nitrogen and oxygen atoms in total. The monoisotopic (exact) mass is 578 g/mol. The number of pyridine rings is 1. The third-order valence-electron chi connectivity index (χ3n) is 4.85. The maximum atomic E-state index is 14.8. The summed E-state index contributed by atoms with van der Waals surface area (Å²) in [7, 11) is -6.69. The van der Waals surface area contributed by atoms with Crippen LogP contribution in [0.1, 0.15) is 21.6 Å². The number of hydrogen-bond donors (Lipinski definition) is 1. The van der Waals surface area contributed by atoms with E-state index in [9.17, 15) is 39.2 Å². The molecule has 0 radical (unpaired) electrons. The van der Waals surface area contributed by atoms with Crippen LogP contribution in [-0.2, 0) is 25.9 Å². The van der Waals surface area contributed by atoms with Crippen LogP contribution in [0, 0.1) is 12.7 Å². The molecule has 0 saturated carbocycles. The Hall–Kier alpha value is -3.86. The Kier molecular flexibility index (Phi) is 7.65. The van der Waals surface area contributed by atoms with Crippen molar-refractivity contribution in [1.29, 1.82) is 0 Å². The Morgan fingerprint density at radius 3 is 2.21 bits per heavy atom. The van der Waals surface area contributed by atoms with Crippen molar-refractivity contribution in [3.63, 3.8) is 0 Å². The van der Waals surface area contributed by atoms with Crippen LogP contribution in [0.2, 0.25) is 0 Å². The van der Waals surface area contributed by atoms with Gasteiger partial charge in [-0.25, -0.2) is 21.2 Å². The minimum absolute atomic E-state index is 0.100. The predicted octanol–water partition coefficient (Wildman–Crippen LogP) is 3.20. The molecular weight excluding hydrogens is 560 g/mol. The fraction of sp³-hybridized carbons (Fsp3) is 0.238. The van der Waals surface area contributed by atoms with E-state index in [-0.39, 0.29) is 10.6 Å². The standard InChI is InChI=1S/C21H18F4N4O7S2/c1-10-15(18(30)26-11-6-5-7-12(8-11)37(3,31)32)19(29-28-17(10)21(23,24)25)36-16-13(22)9-14(38(4,33)34)27-20(16)35-2/h5-9H,1-4H3,(H,26,30). The summed E-state index contributed by atoms with van der Waals surface area (Å²) >= 11 is 0. The van der Waals surface area contributed by atoms with Gasteiger partial charge in [0, 0.05) is 24.3 Å². The fourth-order valence-corrected chi connectivity index (χ4v) is 4.32. The summed E-state index contributed by atoms with van der Waals surface area (Å²) in [5, 5.41) is 7.86. The van der Waals surface area contributed by atoms with Gasteiger partial charge in [-0.1, -0.05) is 6.07 Å². The van der Waals surface area contributed by atoms with Crippen LogP contribution >= 0.6 is 0 Å². The maximum absolute atomic E-state index is 14.8. The summed E-state index contributed by atoms with van der Waals surface area (Å²) in [4.78, 5) is 16.5. The normalized spacial score (nSPS) is 12.2. The largest absolute Gasteiger partial charge is 0.478 e. The minimum atomic E-state index is -5.04. The van der Waals surface area contributed by atoms with Crippen molar-refractivity contribution in [1.82, 2.24) is 15.2 Å². The van der Waals surface area contributed by atoms with Crippen molar-refractivity contribution in [2.45, 2.75) is 23.0 Å². The number of anilines is 1. The Labute approximate surface area is 213 Å². The number of nitrogens with zero attached hydrogens (tertiary/aromatic N) is 3. The number of aromatic nitrogens is 3. The van der Waals surface area contributed by atoms with Crippen molar-refractivity contribution in [2.75, 3.05) is 24.9 Å². The van der Waals surface area contributed by atoms with Gasteiger partial charge in [0.1, 0.15) is 5.56 Å². The Morgan fingerprint density at radius 2 is 1.66 bits per heavy atom. The lowest BCUT2D eigenvalue weighted by Crippen LogP contribution is -2.21. The van der Waals surface area contributed by atoms with E-state index in [4.69, 9.17) is 9.47 Å². The third kappa shape index (κ3) is 6.16. The zero-order valence-electron chi connectivity index (χ0n) is 19.9. The lowest BCUT2D eigenvalue weighted by Gasteiger charge is -2.17. The number of amides is 1. The highest BCUT2D eigenvalue weighted by molar-refractivity contribution is 7.91. The summed E-state index contributed by atoms with van der Waals surface area (Å²) in [6.07, 6.45) is -3.37. The molecule has 0 aliphatic rings. The molecule has 38 heavy (non-hydrogen) atoms. The lowest BCUT2D eigenvalue weighted by atomic mass is 10.1. The summed E-state index contributed by atoms with van der Waals surface area (Å²) in [5.74, 6) is -5.08. The van der Waals surface area contributed by atoms with Crippen LogP contribution in [0.15, 0.2) is 40.3 Å². The highest BCUT2D eigenvalue weighted by atomic mass is 32.2. The van der Waals surface area contributed by atoms with Gasteiger partial charge >= 0.3 is 6.18 Å². The smallest absolute Gasteiger partial charge is 0.435 e. The number of carbonyl (C=O) groups is 1. The summed E-state index contributed by atoms with van der Waals surface area (Å²) < 4.78 is 113. The van der Waals surface area contributed by atoms with Crippen molar-refractivity contribution >= 4 is 31.3 Å². The van der Waals surface area contributed by atoms with E-state index in [2.05, 4.69) is 20.5 Å². The average Bonchev–Trinajstić information content (AvgIpc) is 2.78. The first-order valence-corrected chi connectivity index (χ1v) is 13.9. The molecule has 1 aromatic carbocycles. The van der Waals surface area contributed by atoms with Crippen molar-refractivity contribution < 1.29 is 48.7 Å². The molecule has 0 atom stereocenters. The maximum Gasteiger partial charge on any atom is 0.435 e. The highest BCUT2D eigenvalue weighted by Gasteiger charge is 2.38. The van der Waals surface area contributed by atoms with Crippen LogP contribution in [0.4, 0.5) is 23.2 Å². The zero-order chi connectivity index (χ0) is 28.6. The topological polar surface area (TPSA) is 155 Å². The molecule has 2 heterocycles. The Bertz CT molecular complexity index is 1640. The predicted molar refractivity (Wildman–Crippen MR) is 123 cm³/mol. The molecule has 1 amide bonds. The van der Waals surface area contributed by atoms with Gasteiger partial charge in [0.2, 0.25) is 5.75 Å². The number of hydrogen-bond acceptors (Lipinski definition) is 10. The molecule has 204 valence electrons. The number of rotatable bonds is 7. The lowest BCUT2D eigenvalue weighted by molar-refractivity contribution is -0.142. The number of carbonyl (C=O) groups excluding carboxylic acids is 1. The van der Waals surface area contributed by atoms with Crippen LogP contribution < -0.4 is 14.8 Å². The summed E-state index contributed by atoms with van der Waals surface area (Å²) in [6.45, 7) is 0.894. The van der Waals surface area contributed by atoms with E-state index < -0.39 is 76.9 Å². The second-order valence-electron chi connectivity index (χ2n) is 7.76. The van der Waals surface area contributed by atoms with E-state index in [1.165, 1.54) is 18.2 Å². The van der Waals surface area contributed by atoms with Gasteiger partial charge in [-0.2, -0.15) is 18.2 Å². The molecule has 1 N–H and O–H groups in total. The number of nitrogens with one attached hydrogen (secondary N) is 1. The van der Waals surface area contributed by atoms with E-state index in [1.54, 1.807) is 0 Å². The van der Waals surface area contributed by atoms with E-state index in [1.807, 2.05) is 0 Å². The number of benzene rings is 1. The molecule has 0 unspecified atom stereocenters.